The number of hydrogen-bond donors (Lipinski definition) is 0. The second-order valence-electron chi connectivity index (χ2n) is 13.5. The van der Waals surface area contributed by atoms with Crippen LogP contribution in [-0.2, 0) is 20.1 Å². The minimum absolute atomic E-state index is 0. The average Bonchev–Trinajstić information content (AvgIpc) is 3.75. The molecule has 0 fully saturated rings. The van der Waals surface area contributed by atoms with Gasteiger partial charge in [-0.2, -0.15) is 42.5 Å². The fourth-order valence-electron chi connectivity index (χ4n) is 7.26. The number of rotatable bonds is 4. The van der Waals surface area contributed by atoms with Crippen molar-refractivity contribution < 1.29 is 20.1 Å². The number of aromatic nitrogens is 2. The largest absolute Gasteiger partial charge is 3.00 e. The van der Waals surface area contributed by atoms with E-state index >= 15 is 0 Å². The second kappa shape index (κ2) is 15.0. The van der Waals surface area contributed by atoms with Gasteiger partial charge in [0.15, 0.2) is 0 Å². The Balaban J connectivity index is 0.000000218. The van der Waals surface area contributed by atoms with Crippen molar-refractivity contribution >= 4 is 53.3 Å². The zero-order valence-corrected chi connectivity index (χ0v) is 33.4. The Labute approximate surface area is 333 Å². The van der Waals surface area contributed by atoms with Crippen LogP contribution in [0.25, 0.3) is 81.2 Å². The Hall–Kier alpha value is -5.64. The van der Waals surface area contributed by atoms with Gasteiger partial charge >= 0.3 is 20.1 Å². The van der Waals surface area contributed by atoms with Crippen LogP contribution in [0, 0.1) is 39.0 Å². The molecule has 0 saturated carbocycles. The molecule has 0 bridgehead atoms. The zero-order chi connectivity index (χ0) is 35.9. The molecule has 0 atom stereocenters. The van der Waals surface area contributed by atoms with Crippen molar-refractivity contribution in [2.45, 2.75) is 20.8 Å². The molecule has 0 aliphatic heterocycles. The molecule has 0 spiro atoms. The summed E-state index contributed by atoms with van der Waals surface area (Å²) in [5.41, 5.74) is 14.0. The van der Waals surface area contributed by atoms with E-state index in [1.165, 1.54) is 75.5 Å². The average molecular weight is 888 g/mol. The predicted molar refractivity (Wildman–Crippen MR) is 225 cm³/mol. The fourth-order valence-corrected chi connectivity index (χ4v) is 8.41. The van der Waals surface area contributed by atoms with Crippen LogP contribution < -0.4 is 0 Å². The van der Waals surface area contributed by atoms with Gasteiger partial charge < -0.3 is 9.55 Å². The number of nitrogens with zero attached hydrogens (tertiary/aromatic N) is 2. The quantitative estimate of drug-likeness (QED) is 0.161. The molecule has 2 nitrogen and oxygen atoms in total. The van der Waals surface area contributed by atoms with Crippen LogP contribution >= 0.6 is 11.3 Å². The van der Waals surface area contributed by atoms with Crippen molar-refractivity contribution in [1.29, 1.82) is 0 Å². The molecule has 260 valence electrons. The number of pyridine rings is 1. The van der Waals surface area contributed by atoms with E-state index in [1.807, 2.05) is 47.9 Å². The number of hydrogen-bond acceptors (Lipinski definition) is 2. The first kappa shape index (κ1) is 35.4. The summed E-state index contributed by atoms with van der Waals surface area (Å²) >= 11 is 1.86. The molecule has 7 aromatic carbocycles. The number of para-hydroxylation sites is 2. The van der Waals surface area contributed by atoms with Crippen molar-refractivity contribution in [3.8, 4) is 39.2 Å². The molecule has 10 rings (SSSR count). The van der Waals surface area contributed by atoms with E-state index in [4.69, 9.17) is 4.98 Å². The molecule has 4 heteroatoms. The van der Waals surface area contributed by atoms with E-state index in [-0.39, 0.29) is 20.1 Å². The predicted octanol–water partition coefficient (Wildman–Crippen LogP) is 13.6. The monoisotopic (exact) mass is 888 g/mol. The van der Waals surface area contributed by atoms with Crippen molar-refractivity contribution in [2.24, 2.45) is 0 Å². The Morgan fingerprint density at radius 1 is 0.556 bits per heavy atom. The van der Waals surface area contributed by atoms with Crippen LogP contribution in [0.15, 0.2) is 158 Å². The van der Waals surface area contributed by atoms with Gasteiger partial charge in [-0.3, -0.25) is 0 Å². The molecule has 0 radical (unpaired) electrons. The number of thiophene rings is 1. The molecule has 0 saturated heterocycles. The van der Waals surface area contributed by atoms with Crippen molar-refractivity contribution in [3.05, 3.63) is 193 Å². The molecule has 0 N–H and O–H groups in total. The van der Waals surface area contributed by atoms with E-state index in [0.717, 1.165) is 22.4 Å². The topological polar surface area (TPSA) is 17.8 Å². The first-order valence-corrected chi connectivity index (χ1v) is 18.7. The molecule has 3 heterocycles. The molecule has 0 unspecified atom stereocenters. The Morgan fingerprint density at radius 3 is 2.09 bits per heavy atom. The molecule has 0 amide bonds. The van der Waals surface area contributed by atoms with Gasteiger partial charge in [0.2, 0.25) is 0 Å². The molecule has 10 aromatic rings. The summed E-state index contributed by atoms with van der Waals surface area (Å²) in [5, 5.41) is 5.13. The summed E-state index contributed by atoms with van der Waals surface area (Å²) in [6.07, 6.45) is 1.93. The van der Waals surface area contributed by atoms with E-state index in [2.05, 4.69) is 165 Å². The van der Waals surface area contributed by atoms with Crippen LogP contribution in [0.5, 0.6) is 0 Å². The first-order valence-electron chi connectivity index (χ1n) is 17.9. The number of aryl methyl sites for hydroxylation is 3. The molecular formula is C50H35IrN2S. The summed E-state index contributed by atoms with van der Waals surface area (Å²) in [4.78, 5) is 4.73. The minimum Gasteiger partial charge on any atom is -0.309 e. The number of benzene rings is 7. The zero-order valence-electron chi connectivity index (χ0n) is 30.1. The smallest absolute Gasteiger partial charge is 0.309 e. The third kappa shape index (κ3) is 6.48. The first-order chi connectivity index (χ1) is 26.0. The molecule has 0 aliphatic carbocycles. The maximum Gasteiger partial charge on any atom is 3.00 e. The molecule has 0 aliphatic rings. The summed E-state index contributed by atoms with van der Waals surface area (Å²) in [7, 11) is 0. The normalized spacial score (nSPS) is 11.1. The molecule has 3 aromatic heterocycles. The second-order valence-corrected chi connectivity index (χ2v) is 14.6. The summed E-state index contributed by atoms with van der Waals surface area (Å²) in [5.74, 6) is 0. The van der Waals surface area contributed by atoms with Crippen LogP contribution in [0.4, 0.5) is 0 Å². The van der Waals surface area contributed by atoms with Crippen molar-refractivity contribution in [2.75, 3.05) is 0 Å². The fraction of sp³-hybridized carbons (Fsp3) is 0.0600. The van der Waals surface area contributed by atoms with Crippen LogP contribution in [0.3, 0.4) is 0 Å². The van der Waals surface area contributed by atoms with E-state index < -0.39 is 0 Å². The van der Waals surface area contributed by atoms with Crippen LogP contribution in [0.2, 0.25) is 0 Å². The van der Waals surface area contributed by atoms with Crippen LogP contribution in [0.1, 0.15) is 16.7 Å². The third-order valence-electron chi connectivity index (χ3n) is 10.0. The maximum atomic E-state index is 4.73. The van der Waals surface area contributed by atoms with Gasteiger partial charge in [0, 0.05) is 48.4 Å². The Bertz CT molecular complexity index is 2910. The SMILES string of the molecule is Cc1c[c-]c(-c2[c-]cc(C)c(C)c2)cc1.[Ir+3].[c-]1ccccc1-c1cc(-c2c3c(cc4c2c2ccccc2n4-c2ccccc2)sc2ccccc23)ccn1. The van der Waals surface area contributed by atoms with E-state index in [0.29, 0.717) is 0 Å². The van der Waals surface area contributed by atoms with Crippen molar-refractivity contribution in [3.63, 3.8) is 0 Å². The van der Waals surface area contributed by atoms with Gasteiger partial charge in [0.05, 0.1) is 11.0 Å². The summed E-state index contributed by atoms with van der Waals surface area (Å²) < 4.78 is 5.00. The molecular weight excluding hydrogens is 853 g/mol. The van der Waals surface area contributed by atoms with Gasteiger partial charge in [-0.1, -0.05) is 81.4 Å². The summed E-state index contributed by atoms with van der Waals surface area (Å²) in [6, 6.07) is 63.4. The molecule has 54 heavy (non-hydrogen) atoms. The van der Waals surface area contributed by atoms with Crippen LogP contribution in [-0.4, -0.2) is 9.55 Å². The van der Waals surface area contributed by atoms with Gasteiger partial charge in [-0.15, -0.1) is 63.9 Å². The van der Waals surface area contributed by atoms with Gasteiger partial charge in [-0.25, -0.2) is 11.1 Å². The van der Waals surface area contributed by atoms with E-state index in [9.17, 15) is 0 Å². The third-order valence-corrected chi connectivity index (χ3v) is 11.2. The van der Waals surface area contributed by atoms with E-state index in [1.54, 1.807) is 0 Å². The standard InChI is InChI=1S/C35H21N2S.C15H14.Ir/c1-3-11-23(12-4-1)28-21-24(19-20-36-28)33-34-26-15-7-9-17-29(26)37(25-13-5-2-6-14-25)30(34)22-32-35(33)27-16-8-10-18-31(27)38-32;1-11-4-7-14(8-5-11)15-9-6-12(2)13(3)10-15;/h1-11,13-22H;4-7,10H,1-3H3;/q-1;-2;+3. The van der Waals surface area contributed by atoms with Gasteiger partial charge in [-0.05, 0) is 47.7 Å². The maximum absolute atomic E-state index is 4.73. The number of fused-ring (bicyclic) bond motifs is 6. The van der Waals surface area contributed by atoms with Crippen molar-refractivity contribution in [1.82, 2.24) is 9.55 Å². The Kier molecular flexibility index (Phi) is 9.83. The van der Waals surface area contributed by atoms with Gasteiger partial charge in [0.25, 0.3) is 0 Å². The minimum atomic E-state index is 0. The summed E-state index contributed by atoms with van der Waals surface area (Å²) in [6.45, 7) is 6.31. The van der Waals surface area contributed by atoms with Gasteiger partial charge in [0.1, 0.15) is 0 Å². The Morgan fingerprint density at radius 2 is 1.31 bits per heavy atom.